The van der Waals surface area contributed by atoms with Crippen LogP contribution >= 0.6 is 0 Å². The van der Waals surface area contributed by atoms with Crippen molar-refractivity contribution >= 4 is 16.9 Å². The maximum atomic E-state index is 9.21. The summed E-state index contributed by atoms with van der Waals surface area (Å²) in [5.41, 5.74) is 15.7. The zero-order valence-corrected chi connectivity index (χ0v) is 10.5. The number of anilines is 1. The van der Waals surface area contributed by atoms with Crippen molar-refractivity contribution in [2.45, 2.75) is 24.8 Å². The van der Waals surface area contributed by atoms with Crippen molar-refractivity contribution in [3.05, 3.63) is 29.0 Å². The average Bonchev–Trinajstić information content (AvgIpc) is 3.03. The number of aliphatic hydroxyl groups excluding tert-OH is 1. The van der Waals surface area contributed by atoms with E-state index in [0.29, 0.717) is 17.8 Å². The summed E-state index contributed by atoms with van der Waals surface area (Å²) < 4.78 is 7.47. The van der Waals surface area contributed by atoms with Crippen molar-refractivity contribution in [2.75, 3.05) is 12.3 Å². The number of hydrogen-bond donors (Lipinski definition) is 2. The molecule has 1 fully saturated rings. The van der Waals surface area contributed by atoms with E-state index in [1.54, 1.807) is 23.2 Å². The molecule has 3 N–H and O–H groups in total. The van der Waals surface area contributed by atoms with Crippen molar-refractivity contribution in [3.63, 3.8) is 0 Å². The first-order chi connectivity index (χ1) is 9.74. The third-order valence-corrected chi connectivity index (χ3v) is 3.36. The van der Waals surface area contributed by atoms with Crippen LogP contribution in [0.4, 0.5) is 5.82 Å². The van der Waals surface area contributed by atoms with Gasteiger partial charge in [-0.05, 0) is 18.0 Å². The van der Waals surface area contributed by atoms with Crippen LogP contribution < -0.4 is 5.73 Å². The molecule has 0 aromatic carbocycles. The number of aliphatic hydroxyl groups is 1. The number of nitrogens with two attached hydrogens (primary N) is 1. The molecule has 0 radical (unpaired) electrons. The van der Waals surface area contributed by atoms with E-state index in [1.165, 1.54) is 0 Å². The van der Waals surface area contributed by atoms with E-state index < -0.39 is 12.3 Å². The number of aromatic nitrogens is 3. The predicted molar refractivity (Wildman–Crippen MR) is 70.5 cm³/mol. The minimum absolute atomic E-state index is 0.121. The highest BCUT2D eigenvalue weighted by Gasteiger charge is 2.36. The number of ether oxygens (including phenoxy) is 1. The molecular formula is C11H13N7O2. The van der Waals surface area contributed by atoms with Gasteiger partial charge in [-0.25, -0.2) is 9.97 Å². The van der Waals surface area contributed by atoms with E-state index in [2.05, 4.69) is 20.0 Å². The van der Waals surface area contributed by atoms with Crippen molar-refractivity contribution < 1.29 is 9.84 Å². The van der Waals surface area contributed by atoms with Gasteiger partial charge < -0.3 is 20.1 Å². The van der Waals surface area contributed by atoms with Gasteiger partial charge in [0, 0.05) is 11.1 Å². The molecule has 0 unspecified atom stereocenters. The number of rotatable bonds is 3. The highest BCUT2D eigenvalue weighted by molar-refractivity contribution is 5.84. The van der Waals surface area contributed by atoms with Gasteiger partial charge in [-0.15, -0.1) is 0 Å². The van der Waals surface area contributed by atoms with Gasteiger partial charge in [-0.2, -0.15) is 0 Å². The van der Waals surface area contributed by atoms with E-state index in [-0.39, 0.29) is 12.7 Å². The Balaban J connectivity index is 2.05. The Morgan fingerprint density at radius 3 is 3.20 bits per heavy atom. The topological polar surface area (TPSA) is 135 Å². The van der Waals surface area contributed by atoms with Gasteiger partial charge in [-0.1, -0.05) is 5.11 Å². The molecule has 9 nitrogen and oxygen atoms in total. The van der Waals surface area contributed by atoms with E-state index in [0.717, 1.165) is 5.52 Å². The van der Waals surface area contributed by atoms with Crippen LogP contribution in [0, 0.1) is 0 Å². The third kappa shape index (κ3) is 1.94. The molecule has 3 atom stereocenters. The van der Waals surface area contributed by atoms with Crippen LogP contribution in [0.25, 0.3) is 21.5 Å². The average molecular weight is 275 g/mol. The number of nitrogens with zero attached hydrogens (tertiary/aromatic N) is 6. The Kier molecular flexibility index (Phi) is 3.15. The summed E-state index contributed by atoms with van der Waals surface area (Å²) in [6.45, 7) is -0.121. The Morgan fingerprint density at radius 1 is 1.60 bits per heavy atom. The molecule has 0 spiro atoms. The summed E-state index contributed by atoms with van der Waals surface area (Å²) in [5, 5.41) is 12.9. The number of nitrogen functional groups attached to an aromatic ring is 1. The number of pyridine rings is 1. The van der Waals surface area contributed by atoms with Crippen LogP contribution in [0.15, 0.2) is 23.7 Å². The minimum Gasteiger partial charge on any atom is -0.394 e. The molecule has 1 aliphatic heterocycles. The fraction of sp³-hybridized carbons (Fsp3) is 0.455. The number of hydrogen-bond acceptors (Lipinski definition) is 6. The smallest absolute Gasteiger partial charge is 0.151 e. The Labute approximate surface area is 113 Å². The number of azide groups is 1. The van der Waals surface area contributed by atoms with E-state index in [9.17, 15) is 5.11 Å². The molecule has 3 rings (SSSR count). The van der Waals surface area contributed by atoms with Gasteiger partial charge in [0.25, 0.3) is 0 Å². The van der Waals surface area contributed by atoms with Crippen LogP contribution in [0.2, 0.25) is 0 Å². The second-order valence-electron chi connectivity index (χ2n) is 4.55. The van der Waals surface area contributed by atoms with Crippen LogP contribution in [-0.4, -0.2) is 38.4 Å². The van der Waals surface area contributed by atoms with Crippen molar-refractivity contribution in [2.24, 2.45) is 5.11 Å². The van der Waals surface area contributed by atoms with Crippen molar-refractivity contribution in [1.29, 1.82) is 0 Å². The van der Waals surface area contributed by atoms with Crippen LogP contribution in [-0.2, 0) is 4.74 Å². The summed E-state index contributed by atoms with van der Waals surface area (Å²) in [7, 11) is 0. The lowest BCUT2D eigenvalue weighted by Gasteiger charge is -2.17. The molecule has 1 aliphatic rings. The molecule has 104 valence electrons. The van der Waals surface area contributed by atoms with Crippen molar-refractivity contribution in [3.8, 4) is 0 Å². The summed E-state index contributed by atoms with van der Waals surface area (Å²) in [4.78, 5) is 11.0. The fourth-order valence-corrected chi connectivity index (χ4v) is 2.45. The van der Waals surface area contributed by atoms with Gasteiger partial charge in [0.2, 0.25) is 0 Å². The standard InChI is InChI=1S/C11H13N7O2/c12-10-9-8(1-2-14-10)18(5-15-9)11-7(16-17-13)3-6(4-19)20-11/h1-2,5-7,11,19H,3-4H2,(H2,12,14)/t6-,7-,11+/m0/s1. The van der Waals surface area contributed by atoms with Crippen LogP contribution in [0.3, 0.4) is 0 Å². The molecule has 2 aromatic heterocycles. The lowest BCUT2D eigenvalue weighted by molar-refractivity contribution is -0.0236. The zero-order chi connectivity index (χ0) is 14.1. The highest BCUT2D eigenvalue weighted by atomic mass is 16.5. The quantitative estimate of drug-likeness (QED) is 0.488. The molecule has 20 heavy (non-hydrogen) atoms. The second-order valence-corrected chi connectivity index (χ2v) is 4.55. The Morgan fingerprint density at radius 2 is 2.45 bits per heavy atom. The molecule has 1 saturated heterocycles. The minimum atomic E-state index is -0.505. The Bertz CT molecular complexity index is 678. The normalized spacial score (nSPS) is 25.8. The van der Waals surface area contributed by atoms with Gasteiger partial charge >= 0.3 is 0 Å². The monoisotopic (exact) mass is 275 g/mol. The molecule has 0 aliphatic carbocycles. The van der Waals surface area contributed by atoms with E-state index in [1.807, 2.05) is 0 Å². The van der Waals surface area contributed by atoms with Gasteiger partial charge in [0.1, 0.15) is 11.7 Å². The maximum absolute atomic E-state index is 9.21. The molecule has 2 aromatic rings. The summed E-state index contributed by atoms with van der Waals surface area (Å²) in [6, 6.07) is 1.37. The Hall–Kier alpha value is -2.35. The lowest BCUT2D eigenvalue weighted by Crippen LogP contribution is -2.17. The molecular weight excluding hydrogens is 262 g/mol. The molecule has 3 heterocycles. The van der Waals surface area contributed by atoms with Gasteiger partial charge in [0.05, 0.1) is 30.6 Å². The largest absolute Gasteiger partial charge is 0.394 e. The number of imidazole rings is 1. The highest BCUT2D eigenvalue weighted by Crippen LogP contribution is 2.34. The fourth-order valence-electron chi connectivity index (χ4n) is 2.45. The SMILES string of the molecule is [N-]=[N+]=N[C@H]1C[C@@H](CO)O[C@H]1n1cnc2c(N)nccc21. The number of fused-ring (bicyclic) bond motifs is 1. The molecule has 9 heteroatoms. The first-order valence-corrected chi connectivity index (χ1v) is 6.12. The summed E-state index contributed by atoms with van der Waals surface area (Å²) in [6.07, 6.45) is 2.76. The first kappa shape index (κ1) is 12.7. The van der Waals surface area contributed by atoms with Gasteiger partial charge in [0.15, 0.2) is 5.82 Å². The molecule has 0 bridgehead atoms. The first-order valence-electron chi connectivity index (χ1n) is 6.12. The maximum Gasteiger partial charge on any atom is 0.151 e. The van der Waals surface area contributed by atoms with Crippen LogP contribution in [0.5, 0.6) is 0 Å². The summed E-state index contributed by atoms with van der Waals surface area (Å²) >= 11 is 0. The zero-order valence-electron chi connectivity index (χ0n) is 10.5. The lowest BCUT2D eigenvalue weighted by atomic mass is 10.1. The molecule has 0 saturated carbocycles. The van der Waals surface area contributed by atoms with E-state index >= 15 is 0 Å². The van der Waals surface area contributed by atoms with Crippen LogP contribution in [0.1, 0.15) is 12.6 Å². The van der Waals surface area contributed by atoms with E-state index in [4.69, 9.17) is 16.0 Å². The predicted octanol–water partition coefficient (Wildman–Crippen LogP) is 0.972. The van der Waals surface area contributed by atoms with Crippen molar-refractivity contribution in [1.82, 2.24) is 14.5 Å². The molecule has 0 amide bonds. The van der Waals surface area contributed by atoms with Gasteiger partial charge in [-0.3, -0.25) is 0 Å². The second kappa shape index (κ2) is 4.97. The third-order valence-electron chi connectivity index (χ3n) is 3.36. The summed E-state index contributed by atoms with van der Waals surface area (Å²) in [5.74, 6) is 0.332.